The Bertz CT molecular complexity index is 940. The molecule has 7 nitrogen and oxygen atoms in total. The van der Waals surface area contributed by atoms with Crippen LogP contribution in [0.5, 0.6) is 0 Å². The number of hydrogen-bond donors (Lipinski definition) is 0. The predicted molar refractivity (Wildman–Crippen MR) is 93.0 cm³/mol. The second-order valence-corrected chi connectivity index (χ2v) is 6.58. The van der Waals surface area contributed by atoms with E-state index in [-0.39, 0.29) is 11.9 Å². The highest BCUT2D eigenvalue weighted by Crippen LogP contribution is 2.30. The van der Waals surface area contributed by atoms with Gasteiger partial charge in [-0.05, 0) is 19.3 Å². The van der Waals surface area contributed by atoms with Gasteiger partial charge in [-0.2, -0.15) is 0 Å². The van der Waals surface area contributed by atoms with Gasteiger partial charge in [-0.1, -0.05) is 11.6 Å². The van der Waals surface area contributed by atoms with Gasteiger partial charge in [0.15, 0.2) is 0 Å². The number of carbonyl (C=O) groups is 1. The minimum atomic E-state index is -0.0281. The van der Waals surface area contributed by atoms with Crippen LogP contribution in [-0.4, -0.2) is 41.7 Å². The summed E-state index contributed by atoms with van der Waals surface area (Å²) in [6.45, 7) is 2.37. The number of imidazole rings is 1. The molecule has 0 bridgehead atoms. The Hall–Kier alpha value is -2.54. The van der Waals surface area contributed by atoms with Crippen molar-refractivity contribution in [3.05, 3.63) is 41.7 Å². The monoisotopic (exact) mass is 356 g/mol. The van der Waals surface area contributed by atoms with E-state index in [9.17, 15) is 4.79 Å². The molecule has 1 aliphatic heterocycles. The van der Waals surface area contributed by atoms with Crippen LogP contribution in [-0.2, 0) is 4.79 Å². The molecule has 1 amide bonds. The Balaban J connectivity index is 1.76. The first-order valence-electron chi connectivity index (χ1n) is 8.21. The van der Waals surface area contributed by atoms with Crippen molar-refractivity contribution in [2.24, 2.45) is 0 Å². The number of amides is 1. The second-order valence-electron chi connectivity index (χ2n) is 6.14. The van der Waals surface area contributed by atoms with Crippen molar-refractivity contribution in [3.63, 3.8) is 0 Å². The van der Waals surface area contributed by atoms with Crippen LogP contribution in [0.15, 0.2) is 31.0 Å². The maximum absolute atomic E-state index is 11.9. The maximum atomic E-state index is 11.9. The second kappa shape index (κ2) is 6.40. The van der Waals surface area contributed by atoms with Crippen molar-refractivity contribution in [1.82, 2.24) is 29.2 Å². The van der Waals surface area contributed by atoms with E-state index < -0.39 is 0 Å². The van der Waals surface area contributed by atoms with E-state index >= 15 is 0 Å². The molecule has 0 radical (unpaired) electrons. The molecule has 4 heterocycles. The minimum Gasteiger partial charge on any atom is -0.334 e. The summed E-state index contributed by atoms with van der Waals surface area (Å²) < 4.78 is 1.79. The smallest absolute Gasteiger partial charge is 0.234 e. The number of nitrogens with zero attached hydrogens (tertiary/aromatic N) is 6. The summed E-state index contributed by atoms with van der Waals surface area (Å²) in [5.74, 6) is 0.623. The SMILES string of the molecule is CC(=O)N1CCCC[C@H]1c1cncc(-c2cnc3ncc(Cl)cn23)n1. The number of hydrogen-bond acceptors (Lipinski definition) is 5. The lowest BCUT2D eigenvalue weighted by Crippen LogP contribution is -2.37. The predicted octanol–water partition coefficient (Wildman–Crippen LogP) is 2.91. The van der Waals surface area contributed by atoms with Gasteiger partial charge < -0.3 is 4.90 Å². The first-order valence-corrected chi connectivity index (χ1v) is 8.59. The van der Waals surface area contributed by atoms with E-state index in [2.05, 4.69) is 15.0 Å². The summed E-state index contributed by atoms with van der Waals surface area (Å²) in [6.07, 6.45) is 11.5. The molecule has 1 aliphatic rings. The molecular formula is C17H17ClN6O. The summed E-state index contributed by atoms with van der Waals surface area (Å²) in [5, 5.41) is 0.519. The highest BCUT2D eigenvalue weighted by atomic mass is 35.5. The Morgan fingerprint density at radius 2 is 2.04 bits per heavy atom. The van der Waals surface area contributed by atoms with Gasteiger partial charge in [0.2, 0.25) is 11.7 Å². The minimum absolute atomic E-state index is 0.0281. The number of likely N-dealkylation sites (tertiary alicyclic amines) is 1. The lowest BCUT2D eigenvalue weighted by Gasteiger charge is -2.34. The summed E-state index contributed by atoms with van der Waals surface area (Å²) in [4.78, 5) is 31.4. The summed E-state index contributed by atoms with van der Waals surface area (Å²) in [5.41, 5.74) is 2.25. The fraction of sp³-hybridized carbons (Fsp3) is 0.353. The average molecular weight is 357 g/mol. The van der Waals surface area contributed by atoms with Gasteiger partial charge in [0, 0.05) is 19.7 Å². The van der Waals surface area contributed by atoms with Crippen LogP contribution in [0, 0.1) is 0 Å². The van der Waals surface area contributed by atoms with Crippen LogP contribution in [0.3, 0.4) is 0 Å². The summed E-state index contributed by atoms with van der Waals surface area (Å²) in [6, 6.07) is -0.0281. The molecule has 1 saturated heterocycles. The van der Waals surface area contributed by atoms with Gasteiger partial charge in [0.05, 0.1) is 47.2 Å². The fourth-order valence-corrected chi connectivity index (χ4v) is 3.47. The maximum Gasteiger partial charge on any atom is 0.234 e. The molecule has 0 aliphatic carbocycles. The zero-order valence-electron chi connectivity index (χ0n) is 13.8. The van der Waals surface area contributed by atoms with Gasteiger partial charge in [-0.25, -0.2) is 15.0 Å². The van der Waals surface area contributed by atoms with Crippen molar-refractivity contribution in [2.75, 3.05) is 6.54 Å². The van der Waals surface area contributed by atoms with Gasteiger partial charge in [-0.15, -0.1) is 0 Å². The lowest BCUT2D eigenvalue weighted by molar-refractivity contribution is -0.132. The molecule has 25 heavy (non-hydrogen) atoms. The third-order valence-electron chi connectivity index (χ3n) is 4.50. The lowest BCUT2D eigenvalue weighted by atomic mass is 9.99. The molecule has 3 aromatic heterocycles. The zero-order chi connectivity index (χ0) is 17.4. The standard InChI is InChI=1S/C17H17ClN6O/c1-11(25)23-5-3-2-4-15(23)13-7-19-8-14(22-13)16-9-21-17-20-6-12(18)10-24(16)17/h6-10,15H,2-5H2,1H3/t15-/m0/s1. The first-order chi connectivity index (χ1) is 12.1. The molecule has 3 aromatic rings. The van der Waals surface area contributed by atoms with Crippen LogP contribution < -0.4 is 0 Å². The van der Waals surface area contributed by atoms with E-state index in [0.29, 0.717) is 16.5 Å². The van der Waals surface area contributed by atoms with Crippen LogP contribution in [0.4, 0.5) is 0 Å². The first kappa shape index (κ1) is 16.0. The Morgan fingerprint density at radius 3 is 2.88 bits per heavy atom. The van der Waals surface area contributed by atoms with Crippen molar-refractivity contribution in [1.29, 1.82) is 0 Å². The highest BCUT2D eigenvalue weighted by Gasteiger charge is 2.27. The molecular weight excluding hydrogens is 340 g/mol. The Morgan fingerprint density at radius 1 is 1.20 bits per heavy atom. The largest absolute Gasteiger partial charge is 0.334 e. The number of rotatable bonds is 2. The van der Waals surface area contributed by atoms with Gasteiger partial charge in [-0.3, -0.25) is 14.2 Å². The Labute approximate surface area is 149 Å². The van der Waals surface area contributed by atoms with Crippen LogP contribution in [0.2, 0.25) is 5.02 Å². The van der Waals surface area contributed by atoms with Gasteiger partial charge in [0.1, 0.15) is 5.69 Å². The van der Waals surface area contributed by atoms with Crippen molar-refractivity contribution in [2.45, 2.75) is 32.2 Å². The van der Waals surface area contributed by atoms with Crippen molar-refractivity contribution >= 4 is 23.3 Å². The van der Waals surface area contributed by atoms with Gasteiger partial charge in [0.25, 0.3) is 0 Å². The quantitative estimate of drug-likeness (QED) is 0.705. The number of aromatic nitrogens is 5. The van der Waals surface area contributed by atoms with E-state index in [1.165, 1.54) is 0 Å². The van der Waals surface area contributed by atoms with E-state index in [4.69, 9.17) is 16.6 Å². The molecule has 0 unspecified atom stereocenters. The number of piperidine rings is 1. The van der Waals surface area contributed by atoms with E-state index in [1.54, 1.807) is 42.3 Å². The molecule has 0 saturated carbocycles. The van der Waals surface area contributed by atoms with E-state index in [1.807, 2.05) is 4.90 Å². The molecule has 0 aromatic carbocycles. The normalized spacial score (nSPS) is 17.8. The molecule has 0 N–H and O–H groups in total. The van der Waals surface area contributed by atoms with Crippen LogP contribution in [0.1, 0.15) is 37.9 Å². The molecule has 8 heteroatoms. The van der Waals surface area contributed by atoms with E-state index in [0.717, 1.165) is 37.2 Å². The van der Waals surface area contributed by atoms with Crippen molar-refractivity contribution in [3.8, 4) is 11.4 Å². The average Bonchev–Trinajstić information content (AvgIpc) is 3.05. The molecule has 1 fully saturated rings. The molecule has 4 rings (SSSR count). The van der Waals surface area contributed by atoms with Crippen LogP contribution in [0.25, 0.3) is 17.2 Å². The van der Waals surface area contributed by atoms with Gasteiger partial charge >= 0.3 is 0 Å². The third kappa shape index (κ3) is 2.95. The molecule has 0 spiro atoms. The molecule has 128 valence electrons. The molecule has 1 atom stereocenters. The number of fused-ring (bicyclic) bond motifs is 1. The summed E-state index contributed by atoms with van der Waals surface area (Å²) >= 11 is 6.05. The van der Waals surface area contributed by atoms with Crippen LogP contribution >= 0.6 is 11.6 Å². The Kier molecular flexibility index (Phi) is 4.09. The zero-order valence-corrected chi connectivity index (χ0v) is 14.5. The fourth-order valence-electron chi connectivity index (χ4n) is 3.32. The summed E-state index contributed by atoms with van der Waals surface area (Å²) in [7, 11) is 0. The topological polar surface area (TPSA) is 76.3 Å². The number of halogens is 1. The number of carbonyl (C=O) groups excluding carboxylic acids is 1. The third-order valence-corrected chi connectivity index (χ3v) is 4.69. The highest BCUT2D eigenvalue weighted by molar-refractivity contribution is 6.30. The van der Waals surface area contributed by atoms with Crippen molar-refractivity contribution < 1.29 is 4.79 Å².